The standard InChI is InChI=1S/C26H22ClFN6O3/c1-15(35)14-30-26(37)21-13-23(34(33-21)17-6-4-3-5-7-17)32-25(36)18-12-16(8-9-19(18)27)24-20(28)10-11-22(29-2)31-24/h3-13,15,35H,2,14H2,1H3,(H,30,37)(H,32,36)/t15-/m1/s1. The predicted octanol–water partition coefficient (Wildman–Crippen LogP) is 4.42. The third kappa shape index (κ3) is 5.88. The molecule has 11 heteroatoms. The van der Waals surface area contributed by atoms with Crippen LogP contribution in [-0.2, 0) is 0 Å². The Morgan fingerprint density at radius 1 is 1.14 bits per heavy atom. The zero-order chi connectivity index (χ0) is 26.5. The second kappa shape index (κ2) is 11.1. The maximum absolute atomic E-state index is 14.5. The second-order valence-electron chi connectivity index (χ2n) is 8.03. The van der Waals surface area contributed by atoms with Crippen molar-refractivity contribution in [1.29, 1.82) is 0 Å². The number of aromatic nitrogens is 3. The van der Waals surface area contributed by atoms with E-state index in [4.69, 9.17) is 11.6 Å². The SMILES string of the molecule is C=Nc1ccc(F)c(-c2ccc(Cl)c(C(=O)Nc3cc(C(=O)NC[C@@H](C)O)nn3-c3ccccc3)c2)n1. The number of aliphatic hydroxyl groups is 1. The van der Waals surface area contributed by atoms with E-state index in [2.05, 4.69) is 32.4 Å². The van der Waals surface area contributed by atoms with Crippen molar-refractivity contribution in [3.05, 3.63) is 88.8 Å². The molecule has 2 heterocycles. The molecular weight excluding hydrogens is 499 g/mol. The van der Waals surface area contributed by atoms with Crippen molar-refractivity contribution in [3.63, 3.8) is 0 Å². The number of pyridine rings is 1. The first-order valence-corrected chi connectivity index (χ1v) is 11.5. The molecule has 2 aromatic heterocycles. The molecule has 3 N–H and O–H groups in total. The predicted molar refractivity (Wildman–Crippen MR) is 139 cm³/mol. The molecule has 0 saturated heterocycles. The van der Waals surface area contributed by atoms with Crippen LogP contribution >= 0.6 is 11.6 Å². The van der Waals surface area contributed by atoms with Gasteiger partial charge in [-0.2, -0.15) is 5.10 Å². The van der Waals surface area contributed by atoms with Crippen molar-refractivity contribution in [3.8, 4) is 16.9 Å². The van der Waals surface area contributed by atoms with Crippen LogP contribution in [0.3, 0.4) is 0 Å². The van der Waals surface area contributed by atoms with E-state index in [1.807, 2.05) is 6.07 Å². The Bertz CT molecular complexity index is 1470. The largest absolute Gasteiger partial charge is 0.392 e. The number of nitrogens with zero attached hydrogens (tertiary/aromatic N) is 4. The Labute approximate surface area is 216 Å². The van der Waals surface area contributed by atoms with Gasteiger partial charge in [-0.05, 0) is 50.0 Å². The van der Waals surface area contributed by atoms with Gasteiger partial charge >= 0.3 is 0 Å². The summed E-state index contributed by atoms with van der Waals surface area (Å²) >= 11 is 6.31. The van der Waals surface area contributed by atoms with Crippen molar-refractivity contribution in [2.45, 2.75) is 13.0 Å². The summed E-state index contributed by atoms with van der Waals surface area (Å²) in [7, 11) is 0. The van der Waals surface area contributed by atoms with Crippen LogP contribution in [0.1, 0.15) is 27.8 Å². The van der Waals surface area contributed by atoms with E-state index in [1.165, 1.54) is 48.0 Å². The maximum Gasteiger partial charge on any atom is 0.271 e. The minimum Gasteiger partial charge on any atom is -0.392 e. The fraction of sp³-hybridized carbons (Fsp3) is 0.115. The second-order valence-corrected chi connectivity index (χ2v) is 8.44. The van der Waals surface area contributed by atoms with Gasteiger partial charge in [-0.1, -0.05) is 35.9 Å². The number of hydrogen-bond acceptors (Lipinski definition) is 6. The van der Waals surface area contributed by atoms with Crippen molar-refractivity contribution in [2.75, 3.05) is 11.9 Å². The lowest BCUT2D eigenvalue weighted by Crippen LogP contribution is -2.30. The molecule has 0 radical (unpaired) electrons. The molecule has 37 heavy (non-hydrogen) atoms. The van der Waals surface area contributed by atoms with Gasteiger partial charge in [0.15, 0.2) is 11.5 Å². The number of para-hydroxylation sites is 1. The highest BCUT2D eigenvalue weighted by Crippen LogP contribution is 2.28. The fourth-order valence-corrected chi connectivity index (χ4v) is 3.63. The minimum absolute atomic E-state index is 0.0120. The van der Waals surface area contributed by atoms with Crippen molar-refractivity contribution >= 4 is 41.8 Å². The number of carbonyl (C=O) groups is 2. The summed E-state index contributed by atoms with van der Waals surface area (Å²) in [6, 6.07) is 17.3. The molecule has 0 aliphatic carbocycles. The summed E-state index contributed by atoms with van der Waals surface area (Å²) in [5.41, 5.74) is 0.972. The molecule has 0 aliphatic rings. The number of aliphatic imine (C=N–C) groups is 1. The van der Waals surface area contributed by atoms with Crippen LogP contribution in [0, 0.1) is 5.82 Å². The zero-order valence-corrected chi connectivity index (χ0v) is 20.4. The number of hydrogen-bond donors (Lipinski definition) is 3. The summed E-state index contributed by atoms with van der Waals surface area (Å²) in [6.07, 6.45) is -0.740. The van der Waals surface area contributed by atoms with E-state index in [1.54, 1.807) is 24.3 Å². The monoisotopic (exact) mass is 520 g/mol. The van der Waals surface area contributed by atoms with Crippen LogP contribution in [-0.4, -0.2) is 51.1 Å². The third-order valence-corrected chi connectivity index (χ3v) is 5.55. The number of nitrogens with one attached hydrogen (secondary N) is 2. The number of carbonyl (C=O) groups excluding carboxylic acids is 2. The van der Waals surface area contributed by atoms with Crippen LogP contribution < -0.4 is 10.6 Å². The number of benzene rings is 2. The van der Waals surface area contributed by atoms with Crippen LogP contribution in [0.15, 0.2) is 71.7 Å². The van der Waals surface area contributed by atoms with Crippen LogP contribution in [0.5, 0.6) is 0 Å². The average molecular weight is 521 g/mol. The summed E-state index contributed by atoms with van der Waals surface area (Å²) in [5, 5.41) is 19.2. The Kier molecular flexibility index (Phi) is 7.71. The van der Waals surface area contributed by atoms with Crippen molar-refractivity contribution in [1.82, 2.24) is 20.1 Å². The lowest BCUT2D eigenvalue weighted by Gasteiger charge is -2.11. The first kappa shape index (κ1) is 25.7. The molecule has 4 aromatic rings. The molecule has 2 amide bonds. The van der Waals surface area contributed by atoms with Gasteiger partial charge in [0.2, 0.25) is 0 Å². The first-order valence-electron chi connectivity index (χ1n) is 11.1. The number of anilines is 1. The molecule has 0 aliphatic heterocycles. The molecule has 1 atom stereocenters. The molecule has 0 fully saturated rings. The molecule has 2 aromatic carbocycles. The third-order valence-electron chi connectivity index (χ3n) is 5.22. The van der Waals surface area contributed by atoms with Gasteiger partial charge in [0.05, 0.1) is 22.4 Å². The summed E-state index contributed by atoms with van der Waals surface area (Å²) in [4.78, 5) is 33.7. The van der Waals surface area contributed by atoms with E-state index in [9.17, 15) is 19.1 Å². The summed E-state index contributed by atoms with van der Waals surface area (Å²) < 4.78 is 15.9. The number of amides is 2. The topological polar surface area (TPSA) is 122 Å². The Morgan fingerprint density at radius 2 is 1.89 bits per heavy atom. The molecule has 188 valence electrons. The summed E-state index contributed by atoms with van der Waals surface area (Å²) in [5.74, 6) is -1.31. The average Bonchev–Trinajstić information content (AvgIpc) is 3.32. The van der Waals surface area contributed by atoms with Gasteiger partial charge in [0, 0.05) is 18.2 Å². The Hall–Kier alpha value is -4.41. The first-order chi connectivity index (χ1) is 17.8. The van der Waals surface area contributed by atoms with E-state index in [0.29, 0.717) is 11.3 Å². The lowest BCUT2D eigenvalue weighted by molar-refractivity contribution is 0.0918. The van der Waals surface area contributed by atoms with E-state index in [-0.39, 0.29) is 40.2 Å². The van der Waals surface area contributed by atoms with Crippen LogP contribution in [0.2, 0.25) is 5.02 Å². The normalized spacial score (nSPS) is 11.6. The van der Waals surface area contributed by atoms with Gasteiger partial charge in [0.1, 0.15) is 17.3 Å². The Morgan fingerprint density at radius 3 is 2.59 bits per heavy atom. The highest BCUT2D eigenvalue weighted by molar-refractivity contribution is 6.34. The quantitative estimate of drug-likeness (QED) is 0.297. The molecule has 9 nitrogen and oxygen atoms in total. The van der Waals surface area contributed by atoms with Gasteiger partial charge in [0.25, 0.3) is 11.8 Å². The zero-order valence-electron chi connectivity index (χ0n) is 19.7. The van der Waals surface area contributed by atoms with E-state index >= 15 is 0 Å². The fourth-order valence-electron chi connectivity index (χ4n) is 3.43. The highest BCUT2D eigenvalue weighted by Gasteiger charge is 2.20. The molecule has 0 spiro atoms. The highest BCUT2D eigenvalue weighted by atomic mass is 35.5. The summed E-state index contributed by atoms with van der Waals surface area (Å²) in [6.45, 7) is 4.98. The number of aliphatic hydroxyl groups excluding tert-OH is 1. The van der Waals surface area contributed by atoms with Crippen LogP contribution in [0.25, 0.3) is 16.9 Å². The Balaban J connectivity index is 1.69. The van der Waals surface area contributed by atoms with Gasteiger partial charge in [-0.15, -0.1) is 0 Å². The molecule has 0 saturated carbocycles. The van der Waals surface area contributed by atoms with E-state index < -0.39 is 23.7 Å². The smallest absolute Gasteiger partial charge is 0.271 e. The van der Waals surface area contributed by atoms with Gasteiger partial charge in [-0.25, -0.2) is 19.0 Å². The lowest BCUT2D eigenvalue weighted by atomic mass is 10.1. The molecule has 4 rings (SSSR count). The van der Waals surface area contributed by atoms with Crippen molar-refractivity contribution in [2.24, 2.45) is 4.99 Å². The number of halogens is 2. The molecule has 0 bridgehead atoms. The molecule has 0 unspecified atom stereocenters. The molecular formula is C26H22ClFN6O3. The van der Waals surface area contributed by atoms with E-state index in [0.717, 1.165) is 0 Å². The minimum atomic E-state index is -0.740. The van der Waals surface area contributed by atoms with Gasteiger partial charge < -0.3 is 15.7 Å². The maximum atomic E-state index is 14.5. The van der Waals surface area contributed by atoms with Crippen molar-refractivity contribution < 1.29 is 19.1 Å². The van der Waals surface area contributed by atoms with Gasteiger partial charge in [-0.3, -0.25) is 9.59 Å². The van der Waals surface area contributed by atoms with Crippen LogP contribution in [0.4, 0.5) is 16.0 Å². The number of rotatable bonds is 8.